The lowest BCUT2D eigenvalue weighted by molar-refractivity contribution is -0.807. The molecule has 3 aromatic rings. The van der Waals surface area contributed by atoms with Gasteiger partial charge >= 0.3 is 14.4 Å². The second-order valence-corrected chi connectivity index (χ2v) is 7.04. The molecule has 1 N–H and O–H groups in total. The quantitative estimate of drug-likeness (QED) is 0.576. The molecule has 122 valence electrons. The highest BCUT2D eigenvalue weighted by molar-refractivity contribution is 7.50. The Balaban J connectivity index is 1.50. The van der Waals surface area contributed by atoms with Gasteiger partial charge in [0, 0.05) is 19.4 Å². The van der Waals surface area contributed by atoms with E-state index >= 15 is 0 Å². The fourth-order valence-electron chi connectivity index (χ4n) is 2.47. The molecule has 1 aromatic heterocycles. The minimum Gasteiger partial charge on any atom is -0.419 e. The number of hydrogen-bond acceptors (Lipinski definition) is 5. The number of hydrogen-bond donors (Lipinski definition) is 1. The van der Waals surface area contributed by atoms with Crippen LogP contribution in [0.5, 0.6) is 11.5 Å². The zero-order valence-electron chi connectivity index (χ0n) is 13.3. The van der Waals surface area contributed by atoms with E-state index in [2.05, 4.69) is 36.3 Å². The summed E-state index contributed by atoms with van der Waals surface area (Å²) in [6.45, 7) is 4.16. The van der Waals surface area contributed by atoms with Crippen LogP contribution in [0.3, 0.4) is 0 Å². The Bertz CT molecular complexity index is 826. The van der Waals surface area contributed by atoms with Crippen LogP contribution in [0.25, 0.3) is 0 Å². The van der Waals surface area contributed by atoms with Crippen molar-refractivity contribution >= 4 is 14.4 Å². The van der Waals surface area contributed by atoms with Crippen molar-refractivity contribution in [3.63, 3.8) is 0 Å². The molecule has 2 heterocycles. The average Bonchev–Trinajstić information content (AvgIpc) is 3.22. The average molecular weight is 342 g/mol. The summed E-state index contributed by atoms with van der Waals surface area (Å²) >= 11 is 0. The number of para-hydroxylation sites is 2. The lowest BCUT2D eigenvalue weighted by Crippen LogP contribution is -2.54. The molecule has 1 aliphatic heterocycles. The Morgan fingerprint density at radius 3 is 2.25 bits per heavy atom. The molecule has 0 spiro atoms. The van der Waals surface area contributed by atoms with Crippen LogP contribution in [-0.4, -0.2) is 5.27 Å². The van der Waals surface area contributed by atoms with Gasteiger partial charge in [-0.2, -0.15) is 0 Å². The van der Waals surface area contributed by atoms with Crippen LogP contribution in [-0.2, 0) is 5.54 Å². The maximum absolute atomic E-state index is 5.72. The van der Waals surface area contributed by atoms with Crippen LogP contribution < -0.4 is 18.8 Å². The predicted octanol–water partition coefficient (Wildman–Crippen LogP) is 3.86. The Morgan fingerprint density at radius 1 is 0.958 bits per heavy atom. The molecular formula is C17H17N3O3P+. The molecule has 0 atom stereocenters. The molecule has 0 bridgehead atoms. The van der Waals surface area contributed by atoms with E-state index in [4.69, 9.17) is 13.6 Å². The second-order valence-electron chi connectivity index (χ2n) is 5.93. The third-order valence-electron chi connectivity index (χ3n) is 3.93. The molecule has 2 aromatic carbocycles. The van der Waals surface area contributed by atoms with Crippen LogP contribution in [0, 0.1) is 0 Å². The van der Waals surface area contributed by atoms with Gasteiger partial charge in [0.25, 0.3) is 6.20 Å². The Kier molecular flexibility index (Phi) is 3.62. The van der Waals surface area contributed by atoms with Crippen molar-refractivity contribution in [2.75, 3.05) is 5.09 Å². The van der Waals surface area contributed by atoms with Crippen LogP contribution in [0.4, 0.5) is 5.88 Å². The van der Waals surface area contributed by atoms with Crippen LogP contribution in [0.2, 0.25) is 0 Å². The highest BCUT2D eigenvalue weighted by Gasteiger charge is 2.36. The van der Waals surface area contributed by atoms with Gasteiger partial charge in [0.2, 0.25) is 10.8 Å². The molecule has 4 rings (SSSR count). The lowest BCUT2D eigenvalue weighted by atomic mass is 9.95. The van der Waals surface area contributed by atoms with E-state index in [0.717, 1.165) is 17.1 Å². The lowest BCUT2D eigenvalue weighted by Gasteiger charge is -2.14. The normalized spacial score (nSPS) is 13.9. The molecule has 0 saturated carbocycles. The summed E-state index contributed by atoms with van der Waals surface area (Å²) in [5.41, 5.74) is 0.805. The summed E-state index contributed by atoms with van der Waals surface area (Å²) in [6, 6.07) is 17.7. The summed E-state index contributed by atoms with van der Waals surface area (Å²) in [6.07, 6.45) is 1.81. The van der Waals surface area contributed by atoms with Crippen molar-refractivity contribution in [3.8, 4) is 11.5 Å². The molecule has 0 aliphatic carbocycles. The largest absolute Gasteiger partial charge is 0.419 e. The number of nitrogens with one attached hydrogen (secondary N) is 1. The summed E-state index contributed by atoms with van der Waals surface area (Å²) in [5, 5.41) is 7.24. The summed E-state index contributed by atoms with van der Waals surface area (Å²) in [7, 11) is -1.32. The van der Waals surface area contributed by atoms with Gasteiger partial charge in [0.05, 0.1) is 0 Å². The van der Waals surface area contributed by atoms with Crippen molar-refractivity contribution in [2.45, 2.75) is 19.4 Å². The fraction of sp³-hybridized carbons (Fsp3) is 0.176. The first-order valence-corrected chi connectivity index (χ1v) is 8.77. The van der Waals surface area contributed by atoms with Gasteiger partial charge in [-0.25, -0.2) is 0 Å². The van der Waals surface area contributed by atoms with Crippen LogP contribution >= 0.6 is 8.53 Å². The van der Waals surface area contributed by atoms with E-state index in [1.54, 1.807) is 4.68 Å². The first-order chi connectivity index (χ1) is 11.6. The third kappa shape index (κ3) is 2.69. The van der Waals surface area contributed by atoms with E-state index in [9.17, 15) is 0 Å². The van der Waals surface area contributed by atoms with E-state index in [-0.39, 0.29) is 5.54 Å². The Labute approximate surface area is 141 Å². The second kappa shape index (κ2) is 5.80. The predicted molar refractivity (Wildman–Crippen MR) is 89.8 cm³/mol. The molecule has 0 amide bonds. The number of nitrogens with zero attached hydrogens (tertiary/aromatic N) is 2. The number of anilines is 1. The minimum absolute atomic E-state index is 0.335. The van der Waals surface area contributed by atoms with Crippen molar-refractivity contribution < 1.29 is 18.3 Å². The van der Waals surface area contributed by atoms with E-state index < -0.39 is 8.53 Å². The molecule has 0 radical (unpaired) electrons. The topological polar surface area (TPSA) is 60.4 Å². The van der Waals surface area contributed by atoms with Crippen molar-refractivity contribution in [1.82, 2.24) is 5.27 Å². The number of benzene rings is 2. The minimum atomic E-state index is -1.32. The first kappa shape index (κ1) is 15.0. The summed E-state index contributed by atoms with van der Waals surface area (Å²) in [5.74, 6) is 1.96. The summed E-state index contributed by atoms with van der Waals surface area (Å²) < 4.78 is 18.6. The maximum atomic E-state index is 5.72. The van der Waals surface area contributed by atoms with Crippen molar-refractivity contribution in [1.29, 1.82) is 0 Å². The summed E-state index contributed by atoms with van der Waals surface area (Å²) in [4.78, 5) is 0. The van der Waals surface area contributed by atoms with Crippen LogP contribution in [0.1, 0.15) is 19.4 Å². The molecule has 0 saturated heterocycles. The van der Waals surface area contributed by atoms with Gasteiger partial charge in [-0.1, -0.05) is 42.5 Å². The Hall–Kier alpha value is -2.59. The van der Waals surface area contributed by atoms with Crippen molar-refractivity contribution in [3.05, 3.63) is 66.4 Å². The zero-order valence-corrected chi connectivity index (χ0v) is 14.2. The molecule has 0 unspecified atom stereocenters. The first-order valence-electron chi connectivity index (χ1n) is 7.59. The fourth-order valence-corrected chi connectivity index (χ4v) is 3.54. The van der Waals surface area contributed by atoms with Gasteiger partial charge in [0.1, 0.15) is 0 Å². The van der Waals surface area contributed by atoms with Gasteiger partial charge in [-0.05, 0) is 16.8 Å². The number of fused-ring (bicyclic) bond motifs is 1. The molecule has 6 nitrogen and oxygen atoms in total. The Morgan fingerprint density at radius 2 is 1.58 bits per heavy atom. The molecule has 7 heteroatoms. The van der Waals surface area contributed by atoms with Gasteiger partial charge in [-0.15, -0.1) is 0 Å². The molecular weight excluding hydrogens is 325 g/mol. The maximum Gasteiger partial charge on any atom is 0.417 e. The van der Waals surface area contributed by atoms with E-state index in [1.807, 2.05) is 48.7 Å². The van der Waals surface area contributed by atoms with Crippen LogP contribution in [0.15, 0.2) is 65.3 Å². The molecule has 0 fully saturated rings. The SMILES string of the molecule is CC(C)(c1ccccc1)[n+]1cc(NP2Oc3ccccc3O2)on1. The number of rotatable bonds is 4. The smallest absolute Gasteiger partial charge is 0.417 e. The van der Waals surface area contributed by atoms with Gasteiger partial charge < -0.3 is 9.05 Å². The van der Waals surface area contributed by atoms with Gasteiger partial charge in [0.15, 0.2) is 11.5 Å². The number of aromatic nitrogens is 2. The highest BCUT2D eigenvalue weighted by Crippen LogP contribution is 2.51. The highest BCUT2D eigenvalue weighted by atomic mass is 31.2. The standard InChI is InChI=1S/C17H17N3O3P/c1-17(2,13-8-4-3-5-9-13)20-12-16(21-19-20)18-24-22-14-10-6-7-11-15(14)23-24/h3-12,18H,1-2H3/q+1. The van der Waals surface area contributed by atoms with E-state index in [0.29, 0.717) is 5.88 Å². The van der Waals surface area contributed by atoms with Gasteiger partial charge in [-0.3, -0.25) is 9.61 Å². The monoisotopic (exact) mass is 342 g/mol. The van der Waals surface area contributed by atoms with Crippen molar-refractivity contribution in [2.24, 2.45) is 0 Å². The zero-order chi connectivity index (χ0) is 16.6. The third-order valence-corrected chi connectivity index (χ3v) is 5.06. The molecule has 24 heavy (non-hydrogen) atoms. The molecule has 1 aliphatic rings. The van der Waals surface area contributed by atoms with E-state index in [1.165, 1.54) is 0 Å².